The van der Waals surface area contributed by atoms with Crippen molar-refractivity contribution >= 4 is 17.5 Å². The van der Waals surface area contributed by atoms with Gasteiger partial charge in [-0.15, -0.1) is 0 Å². The Morgan fingerprint density at radius 2 is 2.04 bits per heavy atom. The van der Waals surface area contributed by atoms with Crippen LogP contribution in [0.3, 0.4) is 0 Å². The summed E-state index contributed by atoms with van der Waals surface area (Å²) in [5, 5.41) is 6.26. The SMILES string of the molecule is CC(C)[C@H]1CC[C@@H](C)C[C@H]1NC(=O)CC[C@H]1Cc2ccccc2NC1=O. The van der Waals surface area contributed by atoms with Gasteiger partial charge in [0.15, 0.2) is 0 Å². The molecule has 0 radical (unpaired) electrons. The van der Waals surface area contributed by atoms with E-state index >= 15 is 0 Å². The van der Waals surface area contributed by atoms with Crippen molar-refractivity contribution in [2.45, 2.75) is 65.3 Å². The Balaban J connectivity index is 1.53. The van der Waals surface area contributed by atoms with Crippen molar-refractivity contribution in [1.82, 2.24) is 5.32 Å². The number of rotatable bonds is 5. The minimum Gasteiger partial charge on any atom is -0.353 e. The lowest BCUT2D eigenvalue weighted by molar-refractivity contribution is -0.124. The summed E-state index contributed by atoms with van der Waals surface area (Å²) in [5.41, 5.74) is 2.08. The molecule has 0 spiro atoms. The fourth-order valence-corrected chi connectivity index (χ4v) is 4.60. The van der Waals surface area contributed by atoms with Gasteiger partial charge in [-0.1, -0.05) is 45.4 Å². The first-order valence-electron chi connectivity index (χ1n) is 10.1. The van der Waals surface area contributed by atoms with Gasteiger partial charge in [-0.05, 0) is 55.1 Å². The van der Waals surface area contributed by atoms with Crippen molar-refractivity contribution < 1.29 is 9.59 Å². The van der Waals surface area contributed by atoms with Crippen LogP contribution in [-0.2, 0) is 16.0 Å². The molecule has 2 N–H and O–H groups in total. The lowest BCUT2D eigenvalue weighted by Gasteiger charge is -2.38. The number of fused-ring (bicyclic) bond motifs is 1. The quantitative estimate of drug-likeness (QED) is 0.832. The summed E-state index contributed by atoms with van der Waals surface area (Å²) in [5.74, 6) is 1.87. The van der Waals surface area contributed by atoms with Crippen LogP contribution in [-0.4, -0.2) is 17.9 Å². The van der Waals surface area contributed by atoms with E-state index in [1.807, 2.05) is 18.2 Å². The predicted octanol–water partition coefficient (Wildman–Crippen LogP) is 4.15. The fraction of sp³-hybridized carbons (Fsp3) is 0.636. The summed E-state index contributed by atoms with van der Waals surface area (Å²) in [6.07, 6.45) is 5.30. The zero-order valence-electron chi connectivity index (χ0n) is 16.3. The normalized spacial score (nSPS) is 28.4. The molecule has 26 heavy (non-hydrogen) atoms. The molecule has 1 aliphatic heterocycles. The first kappa shape index (κ1) is 18.9. The van der Waals surface area contributed by atoms with E-state index in [0.717, 1.165) is 18.5 Å². The van der Waals surface area contributed by atoms with Crippen molar-refractivity contribution in [3.05, 3.63) is 29.8 Å². The van der Waals surface area contributed by atoms with E-state index in [2.05, 4.69) is 37.5 Å². The van der Waals surface area contributed by atoms with Gasteiger partial charge in [0.2, 0.25) is 11.8 Å². The molecule has 1 aromatic carbocycles. The number of carbonyl (C=O) groups is 2. The standard InChI is InChI=1S/C22H32N2O2/c1-14(2)18-10-8-15(3)12-20(18)23-21(25)11-9-17-13-16-6-4-5-7-19(16)24-22(17)26/h4-7,14-15,17-18,20H,8-13H2,1-3H3,(H,23,25)(H,24,26)/t15-,17+,18-,20-/m1/s1. The number of benzene rings is 1. The largest absolute Gasteiger partial charge is 0.353 e. The van der Waals surface area contributed by atoms with E-state index in [4.69, 9.17) is 0 Å². The van der Waals surface area contributed by atoms with Crippen LogP contribution in [0.25, 0.3) is 0 Å². The third-order valence-electron chi connectivity index (χ3n) is 6.20. The highest BCUT2D eigenvalue weighted by Gasteiger charge is 2.32. The van der Waals surface area contributed by atoms with E-state index in [-0.39, 0.29) is 23.8 Å². The van der Waals surface area contributed by atoms with E-state index in [9.17, 15) is 9.59 Å². The average molecular weight is 357 g/mol. The molecule has 1 saturated carbocycles. The number of hydrogen-bond donors (Lipinski definition) is 2. The highest BCUT2D eigenvalue weighted by atomic mass is 16.2. The van der Waals surface area contributed by atoms with E-state index < -0.39 is 0 Å². The molecular formula is C22H32N2O2. The number of carbonyl (C=O) groups excluding carboxylic acids is 2. The number of nitrogens with one attached hydrogen (secondary N) is 2. The second-order valence-corrected chi connectivity index (χ2v) is 8.59. The van der Waals surface area contributed by atoms with Gasteiger partial charge in [-0.25, -0.2) is 0 Å². The summed E-state index contributed by atoms with van der Waals surface area (Å²) >= 11 is 0. The zero-order chi connectivity index (χ0) is 18.7. The molecule has 0 bridgehead atoms. The maximum Gasteiger partial charge on any atom is 0.227 e. The van der Waals surface area contributed by atoms with E-state index in [0.29, 0.717) is 30.6 Å². The molecule has 1 fully saturated rings. The molecule has 4 heteroatoms. The summed E-state index contributed by atoms with van der Waals surface area (Å²) in [7, 11) is 0. The van der Waals surface area contributed by atoms with E-state index in [1.165, 1.54) is 18.4 Å². The van der Waals surface area contributed by atoms with Gasteiger partial charge in [0, 0.05) is 24.1 Å². The van der Waals surface area contributed by atoms with Gasteiger partial charge in [0.05, 0.1) is 0 Å². The Kier molecular flexibility index (Phi) is 6.00. The Labute approximate surface area is 157 Å². The fourth-order valence-electron chi connectivity index (χ4n) is 4.60. The molecule has 1 aromatic rings. The maximum atomic E-state index is 12.5. The van der Waals surface area contributed by atoms with Crippen molar-refractivity contribution in [2.24, 2.45) is 23.7 Å². The Bertz CT molecular complexity index is 655. The Hall–Kier alpha value is -1.84. The first-order valence-corrected chi connectivity index (χ1v) is 10.1. The summed E-state index contributed by atoms with van der Waals surface area (Å²) in [6.45, 7) is 6.78. The molecule has 142 valence electrons. The van der Waals surface area contributed by atoms with Gasteiger partial charge in [-0.3, -0.25) is 9.59 Å². The van der Waals surface area contributed by atoms with Gasteiger partial charge in [0.25, 0.3) is 0 Å². The van der Waals surface area contributed by atoms with Crippen molar-refractivity contribution in [3.8, 4) is 0 Å². The molecule has 0 aromatic heterocycles. The first-order chi connectivity index (χ1) is 12.4. The molecule has 1 aliphatic carbocycles. The zero-order valence-corrected chi connectivity index (χ0v) is 16.3. The van der Waals surface area contributed by atoms with Crippen LogP contribution in [0.4, 0.5) is 5.69 Å². The van der Waals surface area contributed by atoms with Crippen molar-refractivity contribution in [1.29, 1.82) is 0 Å². The average Bonchev–Trinajstić information content (AvgIpc) is 2.59. The van der Waals surface area contributed by atoms with Gasteiger partial charge < -0.3 is 10.6 Å². The second-order valence-electron chi connectivity index (χ2n) is 8.59. The van der Waals surface area contributed by atoms with Crippen molar-refractivity contribution in [3.63, 3.8) is 0 Å². The van der Waals surface area contributed by atoms with Crippen LogP contribution in [0.15, 0.2) is 24.3 Å². The summed E-state index contributed by atoms with van der Waals surface area (Å²) < 4.78 is 0. The van der Waals surface area contributed by atoms with Crippen LogP contribution >= 0.6 is 0 Å². The molecule has 3 rings (SSSR count). The monoisotopic (exact) mass is 356 g/mol. The third kappa shape index (κ3) is 4.46. The van der Waals surface area contributed by atoms with Crippen LogP contribution in [0, 0.1) is 23.7 Å². The topological polar surface area (TPSA) is 58.2 Å². The summed E-state index contributed by atoms with van der Waals surface area (Å²) in [4.78, 5) is 24.8. The third-order valence-corrected chi connectivity index (χ3v) is 6.20. The minimum absolute atomic E-state index is 0.0443. The number of anilines is 1. The number of para-hydroxylation sites is 1. The Morgan fingerprint density at radius 1 is 1.27 bits per heavy atom. The Morgan fingerprint density at radius 3 is 2.81 bits per heavy atom. The van der Waals surface area contributed by atoms with Gasteiger partial charge in [-0.2, -0.15) is 0 Å². The molecule has 0 saturated heterocycles. The molecule has 2 amide bonds. The van der Waals surface area contributed by atoms with Crippen LogP contribution < -0.4 is 10.6 Å². The number of hydrogen-bond acceptors (Lipinski definition) is 2. The molecule has 1 heterocycles. The molecule has 2 aliphatic rings. The molecular weight excluding hydrogens is 324 g/mol. The maximum absolute atomic E-state index is 12.5. The molecule has 4 nitrogen and oxygen atoms in total. The summed E-state index contributed by atoms with van der Waals surface area (Å²) in [6, 6.07) is 8.21. The smallest absolute Gasteiger partial charge is 0.227 e. The highest BCUT2D eigenvalue weighted by molar-refractivity contribution is 5.96. The second kappa shape index (κ2) is 8.24. The van der Waals surface area contributed by atoms with Gasteiger partial charge in [0.1, 0.15) is 0 Å². The van der Waals surface area contributed by atoms with Crippen LogP contribution in [0.2, 0.25) is 0 Å². The molecule has 4 atom stereocenters. The van der Waals surface area contributed by atoms with Gasteiger partial charge >= 0.3 is 0 Å². The minimum atomic E-state index is -0.109. The number of amides is 2. The van der Waals surface area contributed by atoms with Crippen molar-refractivity contribution in [2.75, 3.05) is 5.32 Å². The highest BCUT2D eigenvalue weighted by Crippen LogP contribution is 2.33. The lowest BCUT2D eigenvalue weighted by Crippen LogP contribution is -2.45. The predicted molar refractivity (Wildman–Crippen MR) is 105 cm³/mol. The van der Waals surface area contributed by atoms with Crippen LogP contribution in [0.1, 0.15) is 58.4 Å². The molecule has 0 unspecified atom stereocenters. The van der Waals surface area contributed by atoms with E-state index in [1.54, 1.807) is 0 Å². The lowest BCUT2D eigenvalue weighted by atomic mass is 9.74. The van der Waals surface area contributed by atoms with Crippen LogP contribution in [0.5, 0.6) is 0 Å².